The van der Waals surface area contributed by atoms with Crippen LogP contribution in [0, 0.1) is 5.92 Å². The molecule has 1 aromatic carbocycles. The highest BCUT2D eigenvalue weighted by Gasteiger charge is 2.25. The van der Waals surface area contributed by atoms with Crippen LogP contribution in [0.3, 0.4) is 0 Å². The summed E-state index contributed by atoms with van der Waals surface area (Å²) in [6.45, 7) is 7.38. The van der Waals surface area contributed by atoms with Crippen molar-refractivity contribution in [2.45, 2.75) is 33.8 Å². The van der Waals surface area contributed by atoms with Crippen LogP contribution in [0.15, 0.2) is 24.3 Å². The van der Waals surface area contributed by atoms with E-state index in [1.54, 1.807) is 31.2 Å². The Hall–Kier alpha value is -1.84. The third kappa shape index (κ3) is 4.39. The first-order chi connectivity index (χ1) is 8.95. The van der Waals surface area contributed by atoms with Gasteiger partial charge in [-0.2, -0.15) is 0 Å². The maximum atomic E-state index is 11.8. The van der Waals surface area contributed by atoms with E-state index in [0.29, 0.717) is 17.9 Å². The molecule has 0 N–H and O–H groups in total. The van der Waals surface area contributed by atoms with Gasteiger partial charge in [0.2, 0.25) is 0 Å². The van der Waals surface area contributed by atoms with Gasteiger partial charge < -0.3 is 9.47 Å². The monoisotopic (exact) mass is 264 g/mol. The summed E-state index contributed by atoms with van der Waals surface area (Å²) in [6, 6.07) is 6.73. The molecular weight excluding hydrogens is 244 g/mol. The average molecular weight is 264 g/mol. The van der Waals surface area contributed by atoms with Crippen LogP contribution in [-0.4, -0.2) is 24.5 Å². The van der Waals surface area contributed by atoms with E-state index < -0.39 is 6.10 Å². The summed E-state index contributed by atoms with van der Waals surface area (Å²) >= 11 is 0. The number of benzene rings is 1. The molecule has 0 bridgehead atoms. The minimum atomic E-state index is -0.636. The van der Waals surface area contributed by atoms with Gasteiger partial charge in [0.05, 0.1) is 6.61 Å². The Kier molecular flexibility index (Phi) is 5.55. The van der Waals surface area contributed by atoms with Crippen LogP contribution in [0.2, 0.25) is 0 Å². The van der Waals surface area contributed by atoms with Gasteiger partial charge >= 0.3 is 5.97 Å². The molecule has 0 heterocycles. The number of rotatable bonds is 6. The van der Waals surface area contributed by atoms with Crippen molar-refractivity contribution < 1.29 is 19.1 Å². The lowest BCUT2D eigenvalue weighted by atomic mass is 10.1. The Morgan fingerprint density at radius 1 is 1.16 bits per heavy atom. The molecule has 1 atom stereocenters. The molecule has 104 valence electrons. The zero-order valence-electron chi connectivity index (χ0n) is 11.8. The van der Waals surface area contributed by atoms with E-state index >= 15 is 0 Å². The van der Waals surface area contributed by atoms with Crippen molar-refractivity contribution in [1.82, 2.24) is 0 Å². The van der Waals surface area contributed by atoms with Crippen LogP contribution in [0.1, 0.15) is 38.1 Å². The SMILES string of the molecule is CCOC(=O)C(Oc1ccc(C(C)=O)cc1)C(C)C. The second-order valence-electron chi connectivity index (χ2n) is 4.62. The highest BCUT2D eigenvalue weighted by molar-refractivity contribution is 5.94. The van der Waals surface area contributed by atoms with E-state index in [2.05, 4.69) is 0 Å². The summed E-state index contributed by atoms with van der Waals surface area (Å²) < 4.78 is 10.6. The first-order valence-electron chi connectivity index (χ1n) is 6.40. The van der Waals surface area contributed by atoms with Gasteiger partial charge in [-0.05, 0) is 38.1 Å². The van der Waals surface area contributed by atoms with Crippen LogP contribution in [0.4, 0.5) is 0 Å². The van der Waals surface area contributed by atoms with Crippen LogP contribution in [0.5, 0.6) is 5.75 Å². The molecule has 0 saturated carbocycles. The maximum absolute atomic E-state index is 11.8. The van der Waals surface area contributed by atoms with E-state index in [1.807, 2.05) is 13.8 Å². The number of esters is 1. The maximum Gasteiger partial charge on any atom is 0.347 e. The highest BCUT2D eigenvalue weighted by atomic mass is 16.6. The molecule has 0 aromatic heterocycles. The van der Waals surface area contributed by atoms with Crippen molar-refractivity contribution in [2.24, 2.45) is 5.92 Å². The molecule has 4 nitrogen and oxygen atoms in total. The van der Waals surface area contributed by atoms with Crippen molar-refractivity contribution in [3.05, 3.63) is 29.8 Å². The summed E-state index contributed by atoms with van der Waals surface area (Å²) in [4.78, 5) is 22.9. The second-order valence-corrected chi connectivity index (χ2v) is 4.62. The van der Waals surface area contributed by atoms with E-state index in [-0.39, 0.29) is 17.7 Å². The average Bonchev–Trinajstić information content (AvgIpc) is 2.36. The van der Waals surface area contributed by atoms with Gasteiger partial charge in [-0.15, -0.1) is 0 Å². The Morgan fingerprint density at radius 2 is 1.74 bits per heavy atom. The van der Waals surface area contributed by atoms with Crippen LogP contribution in [0.25, 0.3) is 0 Å². The largest absolute Gasteiger partial charge is 0.478 e. The van der Waals surface area contributed by atoms with Crippen molar-refractivity contribution in [2.75, 3.05) is 6.61 Å². The smallest absolute Gasteiger partial charge is 0.347 e. The lowest BCUT2D eigenvalue weighted by Gasteiger charge is -2.20. The molecule has 0 saturated heterocycles. The van der Waals surface area contributed by atoms with Crippen molar-refractivity contribution in [3.63, 3.8) is 0 Å². The zero-order chi connectivity index (χ0) is 14.4. The molecule has 0 aliphatic carbocycles. The summed E-state index contributed by atoms with van der Waals surface area (Å²) in [5.41, 5.74) is 0.615. The first-order valence-corrected chi connectivity index (χ1v) is 6.40. The Balaban J connectivity index is 2.79. The third-order valence-corrected chi connectivity index (χ3v) is 2.65. The number of carbonyl (C=O) groups is 2. The molecule has 1 unspecified atom stereocenters. The van der Waals surface area contributed by atoms with Gasteiger partial charge in [-0.3, -0.25) is 4.79 Å². The van der Waals surface area contributed by atoms with Crippen molar-refractivity contribution >= 4 is 11.8 Å². The predicted molar refractivity (Wildman–Crippen MR) is 72.3 cm³/mol. The molecule has 1 rings (SSSR count). The normalized spacial score (nSPS) is 12.1. The summed E-state index contributed by atoms with van der Waals surface area (Å²) in [6.07, 6.45) is -0.636. The Bertz CT molecular complexity index is 434. The lowest BCUT2D eigenvalue weighted by Crippen LogP contribution is -2.34. The topological polar surface area (TPSA) is 52.6 Å². The number of hydrogen-bond donors (Lipinski definition) is 0. The predicted octanol–water partition coefficient (Wildman–Crippen LogP) is 2.86. The number of ether oxygens (including phenoxy) is 2. The van der Waals surface area contributed by atoms with Crippen molar-refractivity contribution in [1.29, 1.82) is 0 Å². The molecule has 0 spiro atoms. The minimum Gasteiger partial charge on any atom is -0.478 e. The van der Waals surface area contributed by atoms with Crippen molar-refractivity contribution in [3.8, 4) is 5.75 Å². The molecule has 0 amide bonds. The van der Waals surface area contributed by atoms with Crippen LogP contribution in [-0.2, 0) is 9.53 Å². The minimum absolute atomic E-state index is 0.00245. The number of Topliss-reactive ketones (excluding diaryl/α,β-unsaturated/α-hetero) is 1. The van der Waals surface area contributed by atoms with Gasteiger partial charge in [-0.1, -0.05) is 13.8 Å². The fourth-order valence-electron chi connectivity index (χ4n) is 1.60. The van der Waals surface area contributed by atoms with Gasteiger partial charge in [0.15, 0.2) is 11.9 Å². The van der Waals surface area contributed by atoms with E-state index in [9.17, 15) is 9.59 Å². The molecule has 0 fully saturated rings. The van der Waals surface area contributed by atoms with Crippen LogP contribution >= 0.6 is 0 Å². The second kappa shape index (κ2) is 6.92. The first kappa shape index (κ1) is 15.2. The van der Waals surface area contributed by atoms with E-state index in [0.717, 1.165) is 0 Å². The van der Waals surface area contributed by atoms with Gasteiger partial charge in [0, 0.05) is 11.5 Å². The zero-order valence-corrected chi connectivity index (χ0v) is 11.8. The Labute approximate surface area is 113 Å². The number of hydrogen-bond acceptors (Lipinski definition) is 4. The molecule has 19 heavy (non-hydrogen) atoms. The molecule has 0 aliphatic rings. The summed E-state index contributed by atoms with van der Waals surface area (Å²) in [5.74, 6) is 0.189. The van der Waals surface area contributed by atoms with E-state index in [1.165, 1.54) is 6.92 Å². The molecule has 0 aliphatic heterocycles. The highest BCUT2D eigenvalue weighted by Crippen LogP contribution is 2.18. The van der Waals surface area contributed by atoms with Gasteiger partial charge in [0.1, 0.15) is 5.75 Å². The number of ketones is 1. The molecular formula is C15H20O4. The third-order valence-electron chi connectivity index (χ3n) is 2.65. The fraction of sp³-hybridized carbons (Fsp3) is 0.467. The quantitative estimate of drug-likeness (QED) is 0.585. The fourth-order valence-corrected chi connectivity index (χ4v) is 1.60. The lowest BCUT2D eigenvalue weighted by molar-refractivity contribution is -0.153. The van der Waals surface area contributed by atoms with Gasteiger partial charge in [0.25, 0.3) is 0 Å². The molecule has 1 aromatic rings. The summed E-state index contributed by atoms with van der Waals surface area (Å²) in [5, 5.41) is 0. The number of carbonyl (C=O) groups excluding carboxylic acids is 2. The molecule has 0 radical (unpaired) electrons. The molecule has 4 heteroatoms. The Morgan fingerprint density at radius 3 is 2.16 bits per heavy atom. The van der Waals surface area contributed by atoms with Crippen LogP contribution < -0.4 is 4.74 Å². The van der Waals surface area contributed by atoms with Gasteiger partial charge in [-0.25, -0.2) is 4.79 Å². The standard InChI is InChI=1S/C15H20O4/c1-5-18-15(17)14(10(2)3)19-13-8-6-12(7-9-13)11(4)16/h6-10,14H,5H2,1-4H3. The van der Waals surface area contributed by atoms with E-state index in [4.69, 9.17) is 9.47 Å². The summed E-state index contributed by atoms with van der Waals surface area (Å²) in [7, 11) is 0.